The minimum absolute atomic E-state index is 0.0683. The molecule has 1 aliphatic rings. The highest BCUT2D eigenvalue weighted by Crippen LogP contribution is 2.42. The molecule has 1 aliphatic heterocycles. The Balaban J connectivity index is 1.42. The smallest absolute Gasteiger partial charge is 0.374 e. The summed E-state index contributed by atoms with van der Waals surface area (Å²) < 4.78 is 82.1. The quantitative estimate of drug-likeness (QED) is 0.132. The summed E-state index contributed by atoms with van der Waals surface area (Å²) in [5.74, 6) is 0.0314. The molecule has 1 aromatic heterocycles. The molecule has 4 aromatic carbocycles. The highest BCUT2D eigenvalue weighted by molar-refractivity contribution is 7.85. The fourth-order valence-corrected chi connectivity index (χ4v) is 6.29. The predicted molar refractivity (Wildman–Crippen MR) is 179 cm³/mol. The van der Waals surface area contributed by atoms with E-state index in [-0.39, 0.29) is 13.1 Å². The zero-order valence-electron chi connectivity index (χ0n) is 25.4. The summed E-state index contributed by atoms with van der Waals surface area (Å²) in [6, 6.07) is 30.7. The number of hydrogen-bond donors (Lipinski definition) is 1. The number of benzene rings is 4. The van der Waals surface area contributed by atoms with Crippen LogP contribution in [0.2, 0.25) is 0 Å². The zero-order chi connectivity index (χ0) is 33.2. The Kier molecular flexibility index (Phi) is 9.02. The van der Waals surface area contributed by atoms with Crippen LogP contribution in [0.4, 0.5) is 5.69 Å². The van der Waals surface area contributed by atoms with Crippen LogP contribution in [0, 0.1) is 0 Å². The topological polar surface area (TPSA) is 141 Å². The lowest BCUT2D eigenvalue weighted by Crippen LogP contribution is -2.38. The second-order valence-corrected chi connectivity index (χ2v) is 14.1. The molecule has 0 bridgehead atoms. The van der Waals surface area contributed by atoms with Gasteiger partial charge in [-0.05, 0) is 52.4 Å². The molecule has 5 aromatic rings. The maximum atomic E-state index is 11.8. The Labute approximate surface area is 273 Å². The van der Waals surface area contributed by atoms with Gasteiger partial charge in [-0.3, -0.25) is 4.55 Å². The van der Waals surface area contributed by atoms with Crippen molar-refractivity contribution in [3.05, 3.63) is 120 Å². The van der Waals surface area contributed by atoms with Crippen molar-refractivity contribution >= 4 is 43.1 Å². The first-order valence-electron chi connectivity index (χ1n) is 14.9. The third-order valence-electron chi connectivity index (χ3n) is 7.84. The Morgan fingerprint density at radius 3 is 2.11 bits per heavy atom. The molecule has 0 saturated carbocycles. The van der Waals surface area contributed by atoms with Crippen LogP contribution < -0.4 is 14.2 Å². The largest absolute Gasteiger partial charge is 0.748 e. The molecule has 0 amide bonds. The SMILES string of the molecule is CCC(=Cc1oc2ccc(-c3ccccc3)cc2[n+]1CCS(=O)(=O)O)C=C1Oc2ccc(-c3ccccc3)cc2N1CCS(=O)(=O)[O-]. The van der Waals surface area contributed by atoms with Crippen molar-refractivity contribution < 1.29 is 39.7 Å². The number of oxazole rings is 1. The van der Waals surface area contributed by atoms with Crippen LogP contribution in [0.3, 0.4) is 0 Å². The van der Waals surface area contributed by atoms with Crippen LogP contribution in [0.1, 0.15) is 19.2 Å². The first-order chi connectivity index (χ1) is 22.5. The van der Waals surface area contributed by atoms with Crippen LogP contribution in [0.25, 0.3) is 39.4 Å². The Morgan fingerprint density at radius 2 is 1.49 bits per heavy atom. The summed E-state index contributed by atoms with van der Waals surface area (Å²) in [4.78, 5) is 1.66. The Morgan fingerprint density at radius 1 is 0.851 bits per heavy atom. The number of hydrogen-bond acceptors (Lipinski definition) is 8. The molecule has 0 atom stereocenters. The highest BCUT2D eigenvalue weighted by atomic mass is 32.2. The standard InChI is InChI=1S/C35H32N2O8S2/c1-2-25(21-34-36(17-19-46(38,39)40)30-23-28(13-15-32(30)44-34)26-9-5-3-6-10-26)22-35-37(18-20-47(41,42)43)31-24-29(14-16-33(31)45-35)27-11-7-4-8-12-27/h3-16,21-24H,2,17-20H2,1H3,(H-,38,39,40,41,42,43). The lowest BCUT2D eigenvalue weighted by Gasteiger charge is -2.20. The second-order valence-electron chi connectivity index (χ2n) is 11.0. The molecular formula is C35H32N2O8S2. The van der Waals surface area contributed by atoms with Crippen molar-refractivity contribution in [1.82, 2.24) is 0 Å². The minimum Gasteiger partial charge on any atom is -0.748 e. The number of aromatic nitrogens is 1. The van der Waals surface area contributed by atoms with E-state index in [0.717, 1.165) is 22.3 Å². The predicted octanol–water partition coefficient (Wildman–Crippen LogP) is 6.02. The van der Waals surface area contributed by atoms with Gasteiger partial charge in [0.25, 0.3) is 15.6 Å². The summed E-state index contributed by atoms with van der Waals surface area (Å²) in [6.07, 6.45) is 4.00. The Hall–Kier alpha value is -4.75. The van der Waals surface area contributed by atoms with Gasteiger partial charge in [-0.2, -0.15) is 13.0 Å². The molecule has 1 N–H and O–H groups in total. The molecule has 0 fully saturated rings. The molecule has 12 heteroatoms. The number of anilines is 1. The maximum Gasteiger partial charge on any atom is 0.374 e. The van der Waals surface area contributed by atoms with Gasteiger partial charge in [0.15, 0.2) is 12.3 Å². The summed E-state index contributed by atoms with van der Waals surface area (Å²) in [5, 5.41) is 0. The second kappa shape index (κ2) is 13.2. The van der Waals surface area contributed by atoms with Crippen molar-refractivity contribution in [2.24, 2.45) is 0 Å². The zero-order valence-corrected chi connectivity index (χ0v) is 27.1. The third-order valence-corrected chi connectivity index (χ3v) is 9.22. The molecule has 0 aliphatic carbocycles. The van der Waals surface area contributed by atoms with Crippen LogP contribution in [0.15, 0.2) is 119 Å². The highest BCUT2D eigenvalue weighted by Gasteiger charge is 2.29. The fraction of sp³-hybridized carbons (Fsp3) is 0.171. The van der Waals surface area contributed by atoms with Crippen LogP contribution in [0.5, 0.6) is 5.75 Å². The number of allylic oxidation sites excluding steroid dienone is 2. The van der Waals surface area contributed by atoms with E-state index < -0.39 is 31.7 Å². The van der Waals surface area contributed by atoms with Gasteiger partial charge in [0.1, 0.15) is 5.75 Å². The van der Waals surface area contributed by atoms with Crippen molar-refractivity contribution in [2.75, 3.05) is 23.0 Å². The summed E-state index contributed by atoms with van der Waals surface area (Å²) in [6.45, 7) is 1.73. The molecule has 0 spiro atoms. The van der Waals surface area contributed by atoms with Gasteiger partial charge in [0.05, 0.1) is 27.6 Å². The van der Waals surface area contributed by atoms with Gasteiger partial charge >= 0.3 is 5.89 Å². The minimum atomic E-state index is -4.52. The number of aryl methyl sites for hydroxylation is 1. The first-order valence-corrected chi connectivity index (χ1v) is 18.1. The summed E-state index contributed by atoms with van der Waals surface area (Å²) >= 11 is 0. The molecule has 47 heavy (non-hydrogen) atoms. The van der Waals surface area contributed by atoms with E-state index in [1.165, 1.54) is 0 Å². The van der Waals surface area contributed by atoms with Gasteiger partial charge in [0, 0.05) is 18.7 Å². The number of nitrogens with zero attached hydrogens (tertiary/aromatic N) is 2. The lowest BCUT2D eigenvalue weighted by atomic mass is 10.0. The van der Waals surface area contributed by atoms with E-state index in [9.17, 15) is 25.9 Å². The average molecular weight is 673 g/mol. The van der Waals surface area contributed by atoms with Crippen LogP contribution in [-0.4, -0.2) is 44.0 Å². The fourth-order valence-electron chi connectivity index (χ4n) is 5.47. The Bertz CT molecular complexity index is 2210. The van der Waals surface area contributed by atoms with E-state index in [4.69, 9.17) is 9.15 Å². The molecule has 242 valence electrons. The molecule has 2 heterocycles. The average Bonchev–Trinajstić information content (AvgIpc) is 3.58. The van der Waals surface area contributed by atoms with Gasteiger partial charge in [-0.15, -0.1) is 0 Å². The van der Waals surface area contributed by atoms with Crippen molar-refractivity contribution in [1.29, 1.82) is 0 Å². The van der Waals surface area contributed by atoms with E-state index in [1.807, 2.05) is 97.9 Å². The number of rotatable bonds is 11. The van der Waals surface area contributed by atoms with E-state index in [2.05, 4.69) is 0 Å². The number of ether oxygens (including phenoxy) is 1. The molecule has 0 radical (unpaired) electrons. The van der Waals surface area contributed by atoms with E-state index >= 15 is 0 Å². The third kappa shape index (κ3) is 7.63. The van der Waals surface area contributed by atoms with Crippen LogP contribution >= 0.6 is 0 Å². The normalized spacial score (nSPS) is 14.5. The first kappa shape index (κ1) is 32.2. The van der Waals surface area contributed by atoms with Crippen molar-refractivity contribution in [3.8, 4) is 28.0 Å². The monoisotopic (exact) mass is 672 g/mol. The molecule has 6 rings (SSSR count). The van der Waals surface area contributed by atoms with Gasteiger partial charge < -0.3 is 18.6 Å². The van der Waals surface area contributed by atoms with Gasteiger partial charge in [0.2, 0.25) is 11.5 Å². The molecular weight excluding hydrogens is 641 g/mol. The van der Waals surface area contributed by atoms with Gasteiger partial charge in [-0.1, -0.05) is 79.7 Å². The van der Waals surface area contributed by atoms with Crippen LogP contribution in [-0.2, 0) is 26.8 Å². The van der Waals surface area contributed by atoms with Crippen molar-refractivity contribution in [2.45, 2.75) is 19.9 Å². The van der Waals surface area contributed by atoms with Crippen molar-refractivity contribution in [3.63, 3.8) is 0 Å². The molecule has 0 saturated heterocycles. The number of fused-ring (bicyclic) bond motifs is 2. The maximum absolute atomic E-state index is 11.8. The van der Waals surface area contributed by atoms with E-state index in [0.29, 0.717) is 46.3 Å². The summed E-state index contributed by atoms with van der Waals surface area (Å²) in [7, 11) is -8.80. The lowest BCUT2D eigenvalue weighted by molar-refractivity contribution is -0.673. The molecule has 0 unspecified atom stereocenters. The molecule has 10 nitrogen and oxygen atoms in total. The van der Waals surface area contributed by atoms with E-state index in [1.54, 1.807) is 27.7 Å². The van der Waals surface area contributed by atoms with Gasteiger partial charge in [-0.25, -0.2) is 8.42 Å². The summed E-state index contributed by atoms with van der Waals surface area (Å²) in [5.41, 5.74) is 6.25.